The van der Waals surface area contributed by atoms with E-state index < -0.39 is 6.04 Å². The van der Waals surface area contributed by atoms with Crippen molar-refractivity contribution in [3.05, 3.63) is 0 Å². The molecule has 156 valence electrons. The minimum Gasteiger partial charge on any atom is -0.383 e. The molecule has 4 amide bonds. The summed E-state index contributed by atoms with van der Waals surface area (Å²) >= 11 is 1.56. The van der Waals surface area contributed by atoms with Gasteiger partial charge in [0.2, 0.25) is 23.6 Å². The molecular formula is C17H32N4O5S. The first-order valence-electron chi connectivity index (χ1n) is 8.89. The van der Waals surface area contributed by atoms with Crippen LogP contribution < -0.4 is 16.0 Å². The molecule has 0 aliphatic heterocycles. The predicted molar refractivity (Wildman–Crippen MR) is 105 cm³/mol. The summed E-state index contributed by atoms with van der Waals surface area (Å²) in [5.74, 6) is -0.203. The Morgan fingerprint density at radius 2 is 1.70 bits per heavy atom. The fraction of sp³-hybridized carbons (Fsp3) is 0.765. The first kappa shape index (κ1) is 25.2. The average molecular weight is 405 g/mol. The van der Waals surface area contributed by atoms with Crippen LogP contribution >= 0.6 is 11.8 Å². The lowest BCUT2D eigenvalue weighted by atomic mass is 10.2. The van der Waals surface area contributed by atoms with Gasteiger partial charge in [0, 0.05) is 58.8 Å². The smallest absolute Gasteiger partial charge is 0.242 e. The van der Waals surface area contributed by atoms with Gasteiger partial charge in [0.15, 0.2) is 0 Å². The van der Waals surface area contributed by atoms with E-state index >= 15 is 0 Å². The molecule has 0 aromatic rings. The summed E-state index contributed by atoms with van der Waals surface area (Å²) in [5.41, 5.74) is 0. The molecule has 0 aromatic carbocycles. The molecule has 0 spiro atoms. The van der Waals surface area contributed by atoms with E-state index in [1.54, 1.807) is 25.8 Å². The largest absolute Gasteiger partial charge is 0.383 e. The first-order valence-corrected chi connectivity index (χ1v) is 10.3. The molecule has 1 atom stereocenters. The summed E-state index contributed by atoms with van der Waals surface area (Å²) in [6, 6.07) is -0.644. The molecule has 0 fully saturated rings. The number of likely N-dealkylation sites (N-methyl/N-ethyl adjacent to an activating group) is 1. The topological polar surface area (TPSA) is 117 Å². The number of nitrogens with one attached hydrogen (secondary N) is 3. The molecule has 1 unspecified atom stereocenters. The molecular weight excluding hydrogens is 372 g/mol. The second kappa shape index (κ2) is 15.3. The maximum absolute atomic E-state index is 12.3. The van der Waals surface area contributed by atoms with Gasteiger partial charge in [-0.15, -0.1) is 0 Å². The van der Waals surface area contributed by atoms with E-state index in [1.165, 1.54) is 11.9 Å². The van der Waals surface area contributed by atoms with Crippen molar-refractivity contribution in [1.82, 2.24) is 20.9 Å². The zero-order chi connectivity index (χ0) is 20.7. The van der Waals surface area contributed by atoms with Crippen LogP contribution in [0.15, 0.2) is 0 Å². The van der Waals surface area contributed by atoms with Gasteiger partial charge in [0.1, 0.15) is 6.04 Å². The van der Waals surface area contributed by atoms with Gasteiger partial charge < -0.3 is 25.6 Å². The first-order chi connectivity index (χ1) is 12.8. The number of nitrogens with zero attached hydrogens (tertiary/aromatic N) is 1. The van der Waals surface area contributed by atoms with Gasteiger partial charge in [-0.3, -0.25) is 19.2 Å². The fourth-order valence-corrected chi connectivity index (χ4v) is 2.54. The van der Waals surface area contributed by atoms with Crippen LogP contribution in [0.4, 0.5) is 0 Å². The summed E-state index contributed by atoms with van der Waals surface area (Å²) in [7, 11) is 3.04. The van der Waals surface area contributed by atoms with Crippen molar-refractivity contribution in [2.45, 2.75) is 32.2 Å². The highest BCUT2D eigenvalue weighted by Crippen LogP contribution is 2.03. The molecule has 0 aliphatic rings. The van der Waals surface area contributed by atoms with E-state index in [0.29, 0.717) is 25.3 Å². The number of methoxy groups -OCH3 is 1. The van der Waals surface area contributed by atoms with Gasteiger partial charge in [0.25, 0.3) is 0 Å². The Hall–Kier alpha value is -1.81. The third-order valence-corrected chi connectivity index (χ3v) is 4.35. The van der Waals surface area contributed by atoms with E-state index in [9.17, 15) is 19.2 Å². The van der Waals surface area contributed by atoms with Crippen molar-refractivity contribution in [2.24, 2.45) is 0 Å². The summed E-state index contributed by atoms with van der Waals surface area (Å²) in [5, 5.41) is 7.74. The highest BCUT2D eigenvalue weighted by molar-refractivity contribution is 7.98. The predicted octanol–water partition coefficient (Wildman–Crippen LogP) is -0.638. The Bertz CT molecular complexity index is 490. The number of hydrogen-bond acceptors (Lipinski definition) is 6. The van der Waals surface area contributed by atoms with Crippen LogP contribution in [0.25, 0.3) is 0 Å². The summed E-state index contributed by atoms with van der Waals surface area (Å²) < 4.78 is 4.87. The number of hydrogen-bond donors (Lipinski definition) is 3. The van der Waals surface area contributed by atoms with Crippen LogP contribution in [0, 0.1) is 0 Å². The maximum Gasteiger partial charge on any atom is 0.242 e. The number of carbonyl (C=O) groups is 4. The molecule has 0 rings (SSSR count). The Morgan fingerprint density at radius 3 is 2.26 bits per heavy atom. The highest BCUT2D eigenvalue weighted by Gasteiger charge is 2.18. The number of amides is 4. The molecule has 0 saturated heterocycles. The molecule has 3 N–H and O–H groups in total. The van der Waals surface area contributed by atoms with E-state index in [-0.39, 0.29) is 49.6 Å². The molecule has 0 radical (unpaired) electrons. The second-order valence-corrected chi connectivity index (χ2v) is 6.86. The zero-order valence-electron chi connectivity index (χ0n) is 16.6. The Kier molecular flexibility index (Phi) is 14.2. The van der Waals surface area contributed by atoms with Crippen molar-refractivity contribution >= 4 is 35.4 Å². The van der Waals surface area contributed by atoms with Gasteiger partial charge in [-0.1, -0.05) is 0 Å². The molecule has 27 heavy (non-hydrogen) atoms. The third kappa shape index (κ3) is 12.2. The fourth-order valence-electron chi connectivity index (χ4n) is 2.16. The molecule has 0 saturated carbocycles. The van der Waals surface area contributed by atoms with Crippen molar-refractivity contribution < 1.29 is 23.9 Å². The lowest BCUT2D eigenvalue weighted by Gasteiger charge is -2.23. The Balaban J connectivity index is 4.53. The number of thioether (sulfide) groups is 1. The number of ether oxygens (including phenoxy) is 1. The van der Waals surface area contributed by atoms with Crippen molar-refractivity contribution in [2.75, 3.05) is 52.4 Å². The molecule has 10 heteroatoms. The summed E-state index contributed by atoms with van der Waals surface area (Å²) in [6.45, 7) is 2.86. The average Bonchev–Trinajstić information content (AvgIpc) is 2.65. The highest BCUT2D eigenvalue weighted by atomic mass is 32.2. The quantitative estimate of drug-likeness (QED) is 0.332. The molecule has 0 bridgehead atoms. The zero-order valence-corrected chi connectivity index (χ0v) is 17.4. The van der Waals surface area contributed by atoms with Crippen LogP contribution in [-0.4, -0.2) is 87.0 Å². The minimum absolute atomic E-state index is 0.0671. The van der Waals surface area contributed by atoms with Crippen molar-refractivity contribution in [3.8, 4) is 0 Å². The third-order valence-electron chi connectivity index (χ3n) is 3.74. The van der Waals surface area contributed by atoms with Gasteiger partial charge in [0.05, 0.1) is 6.61 Å². The monoisotopic (exact) mass is 404 g/mol. The van der Waals surface area contributed by atoms with Crippen LogP contribution in [-0.2, 0) is 23.9 Å². The molecule has 9 nitrogen and oxygen atoms in total. The maximum atomic E-state index is 12.3. The van der Waals surface area contributed by atoms with Crippen molar-refractivity contribution in [3.63, 3.8) is 0 Å². The van der Waals surface area contributed by atoms with Gasteiger partial charge >= 0.3 is 0 Å². The van der Waals surface area contributed by atoms with Crippen molar-refractivity contribution in [1.29, 1.82) is 0 Å². The van der Waals surface area contributed by atoms with E-state index in [2.05, 4.69) is 16.0 Å². The van der Waals surface area contributed by atoms with E-state index in [4.69, 9.17) is 4.74 Å². The minimum atomic E-state index is -0.644. The van der Waals surface area contributed by atoms with Gasteiger partial charge in [-0.05, 0) is 13.2 Å². The van der Waals surface area contributed by atoms with E-state index in [0.717, 1.165) is 0 Å². The van der Waals surface area contributed by atoms with Gasteiger partial charge in [-0.2, -0.15) is 11.8 Å². The van der Waals surface area contributed by atoms with Crippen LogP contribution in [0.2, 0.25) is 0 Å². The summed E-state index contributed by atoms with van der Waals surface area (Å²) in [6.07, 6.45) is 2.49. The standard InChI is InChI=1S/C17H32N4O5S/c1-13(17(25)18-2)20-15(23)6-10-21(16(24)7-12-27-4)9-5-14(22)19-8-11-26-3/h13H,5-12H2,1-4H3,(H,18,25)(H,19,22)(H,20,23). The SMILES string of the molecule is CNC(=O)C(C)NC(=O)CCN(CCC(=O)NCCOC)C(=O)CCSC. The molecule has 0 aromatic heterocycles. The lowest BCUT2D eigenvalue weighted by Crippen LogP contribution is -2.45. The number of rotatable bonds is 14. The van der Waals surface area contributed by atoms with E-state index in [1.807, 2.05) is 6.26 Å². The van der Waals surface area contributed by atoms with Crippen LogP contribution in [0.1, 0.15) is 26.2 Å². The molecule has 0 aliphatic carbocycles. The normalized spacial score (nSPS) is 11.4. The Labute approximate surface area is 165 Å². The Morgan fingerprint density at radius 1 is 1.07 bits per heavy atom. The van der Waals surface area contributed by atoms with Crippen LogP contribution in [0.5, 0.6) is 0 Å². The number of carbonyl (C=O) groups excluding carboxylic acids is 4. The summed E-state index contributed by atoms with van der Waals surface area (Å²) in [4.78, 5) is 49.1. The molecule has 0 heterocycles. The second-order valence-electron chi connectivity index (χ2n) is 5.87. The van der Waals surface area contributed by atoms with Crippen LogP contribution in [0.3, 0.4) is 0 Å². The van der Waals surface area contributed by atoms with Gasteiger partial charge in [-0.25, -0.2) is 0 Å². The lowest BCUT2D eigenvalue weighted by molar-refractivity contribution is -0.133.